The largest absolute Gasteiger partial charge is 0.396 e. The van der Waals surface area contributed by atoms with Crippen LogP contribution in [0.5, 0.6) is 0 Å². The van der Waals surface area contributed by atoms with E-state index in [0.29, 0.717) is 37.6 Å². The first-order valence-electron chi connectivity index (χ1n) is 7.32. The number of hydrogen-bond acceptors (Lipinski definition) is 7. The zero-order valence-electron chi connectivity index (χ0n) is 12.3. The molecular weight excluding hydrogens is 294 g/mol. The summed E-state index contributed by atoms with van der Waals surface area (Å²) in [5.41, 5.74) is 0. The minimum absolute atomic E-state index is 0.184. The smallest absolute Gasteiger partial charge is 0.231 e. The van der Waals surface area contributed by atoms with Gasteiger partial charge < -0.3 is 20.1 Å². The van der Waals surface area contributed by atoms with Crippen LogP contribution >= 0.6 is 11.6 Å². The summed E-state index contributed by atoms with van der Waals surface area (Å²) < 4.78 is 5.32. The Morgan fingerprint density at radius 1 is 1.33 bits per heavy atom. The fraction of sp³-hybridized carbons (Fsp3) is 0.769. The lowest BCUT2D eigenvalue weighted by atomic mass is 10.0. The van der Waals surface area contributed by atoms with Crippen molar-refractivity contribution in [1.82, 2.24) is 15.0 Å². The molecule has 1 aromatic rings. The summed E-state index contributed by atoms with van der Waals surface area (Å²) in [5.74, 6) is 1.45. The Labute approximate surface area is 129 Å². The van der Waals surface area contributed by atoms with Crippen LogP contribution in [0, 0.1) is 5.92 Å². The molecular formula is C13H22ClN5O2. The van der Waals surface area contributed by atoms with Gasteiger partial charge in [-0.05, 0) is 23.9 Å². The summed E-state index contributed by atoms with van der Waals surface area (Å²) in [5, 5.41) is 12.4. The number of rotatable bonds is 7. The van der Waals surface area contributed by atoms with Crippen LogP contribution in [0.3, 0.4) is 0 Å². The SMILES string of the molecule is CCC(CCO)CNc1nc(Cl)nc(N2CCOCC2)n1. The molecule has 0 aromatic carbocycles. The zero-order chi connectivity index (χ0) is 15.1. The van der Waals surface area contributed by atoms with E-state index in [-0.39, 0.29) is 11.9 Å². The lowest BCUT2D eigenvalue weighted by molar-refractivity contribution is 0.122. The summed E-state index contributed by atoms with van der Waals surface area (Å²) >= 11 is 5.98. The van der Waals surface area contributed by atoms with Gasteiger partial charge in [-0.2, -0.15) is 15.0 Å². The molecule has 21 heavy (non-hydrogen) atoms. The van der Waals surface area contributed by atoms with Crippen molar-refractivity contribution < 1.29 is 9.84 Å². The van der Waals surface area contributed by atoms with E-state index >= 15 is 0 Å². The predicted octanol–water partition coefficient (Wildman–Crippen LogP) is 1.18. The highest BCUT2D eigenvalue weighted by Gasteiger charge is 2.16. The number of halogens is 1. The number of nitrogens with one attached hydrogen (secondary N) is 1. The van der Waals surface area contributed by atoms with E-state index in [9.17, 15) is 0 Å². The van der Waals surface area contributed by atoms with Crippen molar-refractivity contribution in [2.45, 2.75) is 19.8 Å². The van der Waals surface area contributed by atoms with Crippen molar-refractivity contribution in [1.29, 1.82) is 0 Å². The van der Waals surface area contributed by atoms with Gasteiger partial charge >= 0.3 is 0 Å². The third kappa shape index (κ3) is 4.94. The molecule has 118 valence electrons. The van der Waals surface area contributed by atoms with Gasteiger partial charge in [0, 0.05) is 26.2 Å². The number of hydrogen-bond donors (Lipinski definition) is 2. The molecule has 2 rings (SSSR count). The minimum Gasteiger partial charge on any atom is -0.396 e. The molecule has 1 unspecified atom stereocenters. The molecule has 1 saturated heterocycles. The van der Waals surface area contributed by atoms with Gasteiger partial charge in [0.05, 0.1) is 13.2 Å². The van der Waals surface area contributed by atoms with Gasteiger partial charge in [0.1, 0.15) is 0 Å². The molecule has 2 heterocycles. The molecule has 1 fully saturated rings. The molecule has 7 nitrogen and oxygen atoms in total. The summed E-state index contributed by atoms with van der Waals surface area (Å²) in [6.07, 6.45) is 1.75. The average Bonchev–Trinajstić information content (AvgIpc) is 2.52. The third-order valence-corrected chi connectivity index (χ3v) is 3.72. The molecule has 0 spiro atoms. The topological polar surface area (TPSA) is 83.4 Å². The maximum absolute atomic E-state index is 9.01. The van der Waals surface area contributed by atoms with E-state index in [1.807, 2.05) is 4.90 Å². The second-order valence-electron chi connectivity index (χ2n) is 4.99. The number of nitrogens with zero attached hydrogens (tertiary/aromatic N) is 4. The number of anilines is 2. The highest BCUT2D eigenvalue weighted by molar-refractivity contribution is 6.28. The lowest BCUT2D eigenvalue weighted by Crippen LogP contribution is -2.37. The highest BCUT2D eigenvalue weighted by atomic mass is 35.5. The summed E-state index contributed by atoms with van der Waals surface area (Å²) in [7, 11) is 0. The van der Waals surface area contributed by atoms with Gasteiger partial charge in [-0.1, -0.05) is 13.3 Å². The van der Waals surface area contributed by atoms with Gasteiger partial charge in [0.25, 0.3) is 0 Å². The van der Waals surface area contributed by atoms with Crippen LogP contribution in [0.1, 0.15) is 19.8 Å². The molecule has 0 aliphatic carbocycles. The Morgan fingerprint density at radius 2 is 2.10 bits per heavy atom. The Kier molecular flexibility index (Phi) is 6.41. The normalized spacial score (nSPS) is 16.8. The molecule has 1 atom stereocenters. The molecule has 2 N–H and O–H groups in total. The van der Waals surface area contributed by atoms with E-state index < -0.39 is 0 Å². The third-order valence-electron chi connectivity index (χ3n) is 3.55. The first kappa shape index (κ1) is 16.2. The van der Waals surface area contributed by atoms with E-state index in [0.717, 1.165) is 25.9 Å². The zero-order valence-corrected chi connectivity index (χ0v) is 13.0. The first-order valence-corrected chi connectivity index (χ1v) is 7.69. The molecule has 1 aliphatic heterocycles. The monoisotopic (exact) mass is 315 g/mol. The van der Waals surface area contributed by atoms with Crippen molar-refractivity contribution in [2.75, 3.05) is 49.7 Å². The molecule has 0 amide bonds. The van der Waals surface area contributed by atoms with E-state index in [1.54, 1.807) is 0 Å². The van der Waals surface area contributed by atoms with Crippen molar-refractivity contribution in [3.05, 3.63) is 5.28 Å². The second kappa shape index (κ2) is 8.31. The highest BCUT2D eigenvalue weighted by Crippen LogP contribution is 2.16. The average molecular weight is 316 g/mol. The lowest BCUT2D eigenvalue weighted by Gasteiger charge is -2.26. The van der Waals surface area contributed by atoms with Gasteiger partial charge in [-0.15, -0.1) is 0 Å². The molecule has 0 bridgehead atoms. The Hall–Kier alpha value is -1.18. The van der Waals surface area contributed by atoms with Gasteiger partial charge in [-0.25, -0.2) is 0 Å². The number of ether oxygens (including phenoxy) is 1. The minimum atomic E-state index is 0.184. The van der Waals surface area contributed by atoms with Crippen LogP contribution in [0.15, 0.2) is 0 Å². The van der Waals surface area contributed by atoms with Crippen LogP contribution in [-0.2, 0) is 4.74 Å². The van der Waals surface area contributed by atoms with Crippen LogP contribution in [0.2, 0.25) is 5.28 Å². The summed E-state index contributed by atoms with van der Waals surface area (Å²) in [4.78, 5) is 14.7. The fourth-order valence-corrected chi connectivity index (χ4v) is 2.35. The fourth-order valence-electron chi connectivity index (χ4n) is 2.19. The Bertz CT molecular complexity index is 443. The molecule has 0 radical (unpaired) electrons. The molecule has 1 aliphatic rings. The molecule has 0 saturated carbocycles. The van der Waals surface area contributed by atoms with Crippen molar-refractivity contribution in [2.24, 2.45) is 5.92 Å². The standard InChI is InChI=1S/C13H22ClN5O2/c1-2-10(3-6-20)9-15-12-16-11(14)17-13(18-12)19-4-7-21-8-5-19/h10,20H,2-9H2,1H3,(H,15,16,17,18). The maximum Gasteiger partial charge on any atom is 0.231 e. The van der Waals surface area contributed by atoms with Gasteiger partial charge in [0.15, 0.2) is 0 Å². The summed E-state index contributed by atoms with van der Waals surface area (Å²) in [6, 6.07) is 0. The van der Waals surface area contributed by atoms with E-state index in [2.05, 4.69) is 27.2 Å². The van der Waals surface area contributed by atoms with Crippen LogP contribution in [0.4, 0.5) is 11.9 Å². The van der Waals surface area contributed by atoms with Crippen molar-refractivity contribution >= 4 is 23.5 Å². The Balaban J connectivity index is 2.00. The summed E-state index contributed by atoms with van der Waals surface area (Å²) in [6.45, 7) is 5.84. The van der Waals surface area contributed by atoms with E-state index in [4.69, 9.17) is 21.4 Å². The van der Waals surface area contributed by atoms with Gasteiger partial charge in [-0.3, -0.25) is 0 Å². The van der Waals surface area contributed by atoms with Gasteiger partial charge in [0.2, 0.25) is 17.2 Å². The quantitative estimate of drug-likeness (QED) is 0.781. The molecule has 1 aromatic heterocycles. The predicted molar refractivity (Wildman–Crippen MR) is 81.8 cm³/mol. The first-order chi connectivity index (χ1) is 10.2. The number of aliphatic hydroxyl groups excluding tert-OH is 1. The van der Waals surface area contributed by atoms with E-state index in [1.165, 1.54) is 0 Å². The maximum atomic E-state index is 9.01. The van der Waals surface area contributed by atoms with Crippen molar-refractivity contribution in [3.8, 4) is 0 Å². The van der Waals surface area contributed by atoms with Crippen LogP contribution in [0.25, 0.3) is 0 Å². The second-order valence-corrected chi connectivity index (χ2v) is 5.33. The molecule has 8 heteroatoms. The van der Waals surface area contributed by atoms with Crippen molar-refractivity contribution in [3.63, 3.8) is 0 Å². The van der Waals surface area contributed by atoms with Crippen LogP contribution < -0.4 is 10.2 Å². The number of morpholine rings is 1. The van der Waals surface area contributed by atoms with Crippen LogP contribution in [-0.4, -0.2) is 59.5 Å². The number of aromatic nitrogens is 3. The Morgan fingerprint density at radius 3 is 2.76 bits per heavy atom. The number of aliphatic hydroxyl groups is 1.